The van der Waals surface area contributed by atoms with Gasteiger partial charge < -0.3 is 19.3 Å². The molecular weight excluding hydrogens is 400 g/mol. The molecule has 0 aromatic heterocycles. The van der Waals surface area contributed by atoms with Gasteiger partial charge in [0.1, 0.15) is 24.4 Å². The second-order valence-electron chi connectivity index (χ2n) is 8.14. The first-order valence-corrected chi connectivity index (χ1v) is 11.0. The molecule has 0 saturated carbocycles. The van der Waals surface area contributed by atoms with Gasteiger partial charge in [-0.25, -0.2) is 0 Å². The van der Waals surface area contributed by atoms with E-state index in [1.54, 1.807) is 0 Å². The standard InChI is InChI=1S/C28H30O4/c1-21-17-25(29)27(31-19-23-13-7-3-8-14-23)28(32-20-24-15-9-4-10-16-24)26(21)30-18-22-11-5-2-6-12-22/h2-17,25-29H,18-20H2,1H3/t25-,26+,27+,28+/m0/s1. The van der Waals surface area contributed by atoms with E-state index in [4.69, 9.17) is 14.2 Å². The molecule has 3 aromatic rings. The number of aliphatic hydroxyl groups is 1. The number of aliphatic hydroxyl groups excluding tert-OH is 1. The molecule has 0 amide bonds. The maximum absolute atomic E-state index is 10.9. The molecule has 0 spiro atoms. The predicted octanol–water partition coefficient (Wildman–Crippen LogP) is 5.06. The molecule has 1 aliphatic carbocycles. The maximum atomic E-state index is 10.9. The van der Waals surface area contributed by atoms with Crippen molar-refractivity contribution < 1.29 is 19.3 Å². The molecular formula is C28H30O4. The highest BCUT2D eigenvalue weighted by molar-refractivity contribution is 5.21. The van der Waals surface area contributed by atoms with Gasteiger partial charge >= 0.3 is 0 Å². The van der Waals surface area contributed by atoms with Gasteiger partial charge in [-0.05, 0) is 29.2 Å². The van der Waals surface area contributed by atoms with Crippen LogP contribution in [0.4, 0.5) is 0 Å². The fourth-order valence-corrected chi connectivity index (χ4v) is 3.98. The lowest BCUT2D eigenvalue weighted by atomic mass is 9.89. The van der Waals surface area contributed by atoms with Gasteiger partial charge in [-0.3, -0.25) is 0 Å². The van der Waals surface area contributed by atoms with Gasteiger partial charge in [0.2, 0.25) is 0 Å². The second kappa shape index (κ2) is 11.2. The Bertz CT molecular complexity index is 972. The monoisotopic (exact) mass is 430 g/mol. The Morgan fingerprint density at radius 2 is 1.00 bits per heavy atom. The van der Waals surface area contributed by atoms with E-state index >= 15 is 0 Å². The van der Waals surface area contributed by atoms with Crippen molar-refractivity contribution >= 4 is 0 Å². The Kier molecular flexibility index (Phi) is 7.86. The van der Waals surface area contributed by atoms with Crippen LogP contribution in [0.25, 0.3) is 0 Å². The van der Waals surface area contributed by atoms with E-state index in [-0.39, 0.29) is 6.10 Å². The molecule has 0 radical (unpaired) electrons. The molecule has 4 nitrogen and oxygen atoms in total. The van der Waals surface area contributed by atoms with Crippen molar-refractivity contribution in [3.63, 3.8) is 0 Å². The molecule has 3 aromatic carbocycles. The van der Waals surface area contributed by atoms with Gasteiger partial charge in [0.25, 0.3) is 0 Å². The zero-order valence-electron chi connectivity index (χ0n) is 18.3. The van der Waals surface area contributed by atoms with Gasteiger partial charge in [0.15, 0.2) is 0 Å². The molecule has 1 N–H and O–H groups in total. The number of rotatable bonds is 9. The van der Waals surface area contributed by atoms with E-state index in [0.29, 0.717) is 19.8 Å². The molecule has 166 valence electrons. The highest BCUT2D eigenvalue weighted by Gasteiger charge is 2.41. The number of hydrogen-bond acceptors (Lipinski definition) is 4. The van der Waals surface area contributed by atoms with E-state index in [9.17, 15) is 5.11 Å². The number of ether oxygens (including phenoxy) is 3. The average molecular weight is 431 g/mol. The van der Waals surface area contributed by atoms with Crippen LogP contribution in [0.5, 0.6) is 0 Å². The molecule has 0 fully saturated rings. The maximum Gasteiger partial charge on any atom is 0.117 e. The van der Waals surface area contributed by atoms with Gasteiger partial charge in [-0.15, -0.1) is 0 Å². The molecule has 0 aliphatic heterocycles. The third kappa shape index (κ3) is 5.93. The summed E-state index contributed by atoms with van der Waals surface area (Å²) in [5.74, 6) is 0. The Morgan fingerprint density at radius 3 is 1.47 bits per heavy atom. The fraction of sp³-hybridized carbons (Fsp3) is 0.286. The zero-order chi connectivity index (χ0) is 22.2. The van der Waals surface area contributed by atoms with Crippen molar-refractivity contribution in [3.05, 3.63) is 119 Å². The quantitative estimate of drug-likeness (QED) is 0.482. The molecule has 4 heteroatoms. The minimum Gasteiger partial charge on any atom is -0.386 e. The first kappa shape index (κ1) is 22.4. The predicted molar refractivity (Wildman–Crippen MR) is 125 cm³/mol. The summed E-state index contributed by atoms with van der Waals surface area (Å²) in [5, 5.41) is 10.9. The van der Waals surface area contributed by atoms with Crippen LogP contribution >= 0.6 is 0 Å². The largest absolute Gasteiger partial charge is 0.386 e. The van der Waals surface area contributed by atoms with Crippen molar-refractivity contribution in [1.82, 2.24) is 0 Å². The molecule has 0 heterocycles. The van der Waals surface area contributed by atoms with Crippen molar-refractivity contribution in [2.24, 2.45) is 0 Å². The van der Waals surface area contributed by atoms with Crippen LogP contribution in [0.15, 0.2) is 103 Å². The molecule has 32 heavy (non-hydrogen) atoms. The Balaban J connectivity index is 1.52. The summed E-state index contributed by atoms with van der Waals surface area (Å²) < 4.78 is 18.9. The summed E-state index contributed by atoms with van der Waals surface area (Å²) in [6, 6.07) is 30.1. The molecule has 1 aliphatic rings. The molecule has 4 rings (SSSR count). The number of benzene rings is 3. The molecule has 4 atom stereocenters. The number of hydrogen-bond donors (Lipinski definition) is 1. The van der Waals surface area contributed by atoms with Crippen molar-refractivity contribution in [2.75, 3.05) is 0 Å². The second-order valence-corrected chi connectivity index (χ2v) is 8.14. The summed E-state index contributed by atoms with van der Waals surface area (Å²) in [6.07, 6.45) is -0.238. The Hall–Kier alpha value is -2.76. The van der Waals surface area contributed by atoms with Gasteiger partial charge in [0.05, 0.1) is 19.8 Å². The lowest BCUT2D eigenvalue weighted by Gasteiger charge is -2.39. The van der Waals surface area contributed by atoms with E-state index in [1.165, 1.54) is 0 Å². The summed E-state index contributed by atoms with van der Waals surface area (Å²) in [4.78, 5) is 0. The van der Waals surface area contributed by atoms with Crippen LogP contribution < -0.4 is 0 Å². The van der Waals surface area contributed by atoms with E-state index in [1.807, 2.05) is 104 Å². The fourth-order valence-electron chi connectivity index (χ4n) is 3.98. The minimum atomic E-state index is -0.768. The highest BCUT2D eigenvalue weighted by atomic mass is 16.6. The SMILES string of the molecule is CC1=C[C@H](O)[C@@H](OCc2ccccc2)[C@H](OCc2ccccc2)[C@@H]1OCc1ccccc1. The normalized spacial score (nSPS) is 23.0. The van der Waals surface area contributed by atoms with Gasteiger partial charge in [0, 0.05) is 0 Å². The first-order valence-electron chi connectivity index (χ1n) is 11.0. The van der Waals surface area contributed by atoms with Crippen LogP contribution in [-0.2, 0) is 34.0 Å². The van der Waals surface area contributed by atoms with Crippen LogP contribution in [0.3, 0.4) is 0 Å². The Morgan fingerprint density at radius 1 is 0.594 bits per heavy atom. The molecule has 0 saturated heterocycles. The van der Waals surface area contributed by atoms with Crippen molar-refractivity contribution in [1.29, 1.82) is 0 Å². The molecule has 0 bridgehead atoms. The minimum absolute atomic E-state index is 0.317. The van der Waals surface area contributed by atoms with Gasteiger partial charge in [-0.2, -0.15) is 0 Å². The average Bonchev–Trinajstić information content (AvgIpc) is 2.83. The first-order chi connectivity index (χ1) is 15.7. The third-order valence-corrected chi connectivity index (χ3v) is 5.68. The van der Waals surface area contributed by atoms with Crippen LogP contribution in [0, 0.1) is 0 Å². The van der Waals surface area contributed by atoms with Crippen molar-refractivity contribution in [3.8, 4) is 0 Å². The van der Waals surface area contributed by atoms with E-state index in [2.05, 4.69) is 0 Å². The topological polar surface area (TPSA) is 47.9 Å². The zero-order valence-corrected chi connectivity index (χ0v) is 18.3. The summed E-state index contributed by atoms with van der Waals surface area (Å²) in [5.41, 5.74) is 4.16. The summed E-state index contributed by atoms with van der Waals surface area (Å²) in [7, 11) is 0. The smallest absolute Gasteiger partial charge is 0.117 e. The third-order valence-electron chi connectivity index (χ3n) is 5.68. The highest BCUT2D eigenvalue weighted by Crippen LogP contribution is 2.29. The summed E-state index contributed by atoms with van der Waals surface area (Å²) in [6.45, 7) is 3.25. The van der Waals surface area contributed by atoms with Gasteiger partial charge in [-0.1, -0.05) is 97.1 Å². The van der Waals surface area contributed by atoms with Crippen LogP contribution in [0.1, 0.15) is 23.6 Å². The van der Waals surface area contributed by atoms with E-state index in [0.717, 1.165) is 22.3 Å². The molecule has 0 unspecified atom stereocenters. The summed E-state index contributed by atoms with van der Waals surface area (Å²) >= 11 is 0. The lowest BCUT2D eigenvalue weighted by Crippen LogP contribution is -2.51. The van der Waals surface area contributed by atoms with Crippen LogP contribution in [0.2, 0.25) is 0 Å². The van der Waals surface area contributed by atoms with Crippen molar-refractivity contribution in [2.45, 2.75) is 51.2 Å². The lowest BCUT2D eigenvalue weighted by molar-refractivity contribution is -0.170. The van der Waals surface area contributed by atoms with E-state index < -0.39 is 18.3 Å². The van der Waals surface area contributed by atoms with Crippen LogP contribution in [-0.4, -0.2) is 29.5 Å². The Labute approximate surface area is 190 Å².